The van der Waals surface area contributed by atoms with E-state index in [1.54, 1.807) is 12.1 Å². The van der Waals surface area contributed by atoms with Gasteiger partial charge in [0.15, 0.2) is 5.13 Å². The van der Waals surface area contributed by atoms with Gasteiger partial charge in [-0.1, -0.05) is 25.6 Å². The Morgan fingerprint density at radius 1 is 1.11 bits per heavy atom. The van der Waals surface area contributed by atoms with Crippen molar-refractivity contribution in [2.45, 2.75) is 31.8 Å². The van der Waals surface area contributed by atoms with Crippen LogP contribution in [0.4, 0.5) is 9.52 Å². The minimum atomic E-state index is -0.297. The van der Waals surface area contributed by atoms with E-state index < -0.39 is 0 Å². The fourth-order valence-electron chi connectivity index (χ4n) is 2.35. The normalized spacial score (nSPS) is 10.8. The zero-order valence-electron chi connectivity index (χ0n) is 14.9. The van der Waals surface area contributed by atoms with Gasteiger partial charge < -0.3 is 5.32 Å². The summed E-state index contributed by atoms with van der Waals surface area (Å²) in [4.78, 5) is 21.0. The van der Waals surface area contributed by atoms with Gasteiger partial charge in [-0.05, 0) is 37.1 Å². The molecule has 0 aliphatic carbocycles. The molecule has 0 bridgehead atoms. The van der Waals surface area contributed by atoms with Crippen molar-refractivity contribution in [3.8, 4) is 11.3 Å². The number of aromatic nitrogens is 4. The standard InChI is InChI=1S/C18H18FN5OS2/c1-3-13-14(4-2)23-24-18(20-13)27-10-16(25)22-17-21-15(9-26-17)11-5-7-12(19)8-6-11/h5-9H,3-4,10H2,1-2H3,(H,21,22,25). The average Bonchev–Trinajstić information content (AvgIpc) is 3.15. The van der Waals surface area contributed by atoms with E-state index >= 15 is 0 Å². The second-order valence-corrected chi connectivity index (χ2v) is 7.38. The summed E-state index contributed by atoms with van der Waals surface area (Å²) in [5.74, 6) is -0.322. The fourth-order valence-corrected chi connectivity index (χ4v) is 3.69. The summed E-state index contributed by atoms with van der Waals surface area (Å²) in [5, 5.41) is 13.8. The van der Waals surface area contributed by atoms with Crippen molar-refractivity contribution in [1.82, 2.24) is 20.2 Å². The van der Waals surface area contributed by atoms with Gasteiger partial charge >= 0.3 is 0 Å². The summed E-state index contributed by atoms with van der Waals surface area (Å²) in [6, 6.07) is 6.07. The van der Waals surface area contributed by atoms with Crippen LogP contribution in [-0.4, -0.2) is 31.8 Å². The van der Waals surface area contributed by atoms with Gasteiger partial charge in [-0.2, -0.15) is 5.10 Å². The van der Waals surface area contributed by atoms with Gasteiger partial charge in [0.1, 0.15) is 5.82 Å². The first-order valence-corrected chi connectivity index (χ1v) is 10.3. The summed E-state index contributed by atoms with van der Waals surface area (Å²) in [7, 11) is 0. The lowest BCUT2D eigenvalue weighted by atomic mass is 10.2. The summed E-state index contributed by atoms with van der Waals surface area (Å²) >= 11 is 2.56. The Hall–Kier alpha value is -2.39. The number of amides is 1. The SMILES string of the molecule is CCc1nnc(SCC(=O)Nc2nc(-c3ccc(F)cc3)cs2)nc1CC. The summed E-state index contributed by atoms with van der Waals surface area (Å²) < 4.78 is 13.0. The van der Waals surface area contributed by atoms with Crippen molar-refractivity contribution in [1.29, 1.82) is 0 Å². The van der Waals surface area contributed by atoms with Gasteiger partial charge in [0, 0.05) is 10.9 Å². The quantitative estimate of drug-likeness (QED) is 0.601. The molecule has 0 saturated heterocycles. The van der Waals surface area contributed by atoms with Crippen molar-refractivity contribution in [3.05, 3.63) is 46.9 Å². The van der Waals surface area contributed by atoms with Crippen LogP contribution in [0.15, 0.2) is 34.8 Å². The summed E-state index contributed by atoms with van der Waals surface area (Å²) in [6.45, 7) is 4.03. The average molecular weight is 404 g/mol. The lowest BCUT2D eigenvalue weighted by molar-refractivity contribution is -0.113. The molecule has 0 saturated carbocycles. The first-order chi connectivity index (χ1) is 13.1. The van der Waals surface area contributed by atoms with E-state index in [-0.39, 0.29) is 17.5 Å². The molecule has 0 aliphatic heterocycles. The minimum Gasteiger partial charge on any atom is -0.301 e. The number of carbonyl (C=O) groups excluding carboxylic acids is 1. The molecular weight excluding hydrogens is 385 g/mol. The van der Waals surface area contributed by atoms with Crippen molar-refractivity contribution in [2.24, 2.45) is 0 Å². The molecule has 9 heteroatoms. The molecule has 0 spiro atoms. The third kappa shape index (κ3) is 5.08. The summed E-state index contributed by atoms with van der Waals surface area (Å²) in [5.41, 5.74) is 3.30. The maximum Gasteiger partial charge on any atom is 0.236 e. The predicted octanol–water partition coefficient (Wildman–Crippen LogP) is 3.99. The molecule has 27 heavy (non-hydrogen) atoms. The van der Waals surface area contributed by atoms with Crippen LogP contribution in [0.25, 0.3) is 11.3 Å². The second-order valence-electron chi connectivity index (χ2n) is 5.58. The molecule has 2 aromatic heterocycles. The van der Waals surface area contributed by atoms with Gasteiger partial charge in [0.25, 0.3) is 0 Å². The molecule has 140 valence electrons. The third-order valence-corrected chi connectivity index (χ3v) is 5.31. The number of hydrogen-bond donors (Lipinski definition) is 1. The summed E-state index contributed by atoms with van der Waals surface area (Å²) in [6.07, 6.45) is 1.57. The Bertz CT molecular complexity index is 930. The number of thioether (sulfide) groups is 1. The van der Waals surface area contributed by atoms with Crippen LogP contribution in [0, 0.1) is 5.82 Å². The largest absolute Gasteiger partial charge is 0.301 e. The Labute approximate surface area is 164 Å². The van der Waals surface area contributed by atoms with Crippen LogP contribution in [0.2, 0.25) is 0 Å². The number of nitrogens with zero attached hydrogens (tertiary/aromatic N) is 4. The van der Waals surface area contributed by atoms with Crippen LogP contribution < -0.4 is 5.32 Å². The number of anilines is 1. The van der Waals surface area contributed by atoms with Gasteiger partial charge in [-0.25, -0.2) is 14.4 Å². The predicted molar refractivity (Wildman–Crippen MR) is 105 cm³/mol. The number of hydrogen-bond acceptors (Lipinski definition) is 7. The van der Waals surface area contributed by atoms with E-state index in [1.165, 1.54) is 35.2 Å². The molecule has 3 aromatic rings. The highest BCUT2D eigenvalue weighted by atomic mass is 32.2. The van der Waals surface area contributed by atoms with Crippen LogP contribution >= 0.6 is 23.1 Å². The van der Waals surface area contributed by atoms with Crippen LogP contribution in [-0.2, 0) is 17.6 Å². The Morgan fingerprint density at radius 2 is 1.85 bits per heavy atom. The van der Waals surface area contributed by atoms with Gasteiger partial charge in [0.2, 0.25) is 11.1 Å². The molecule has 0 atom stereocenters. The van der Waals surface area contributed by atoms with E-state index in [2.05, 4.69) is 25.5 Å². The van der Waals surface area contributed by atoms with Crippen molar-refractivity contribution in [3.63, 3.8) is 0 Å². The molecule has 1 N–H and O–H groups in total. The number of aryl methyl sites for hydroxylation is 2. The monoisotopic (exact) mass is 403 g/mol. The van der Waals surface area contributed by atoms with Gasteiger partial charge in [0.05, 0.1) is 22.8 Å². The minimum absolute atomic E-state index is 0.168. The Morgan fingerprint density at radius 3 is 2.56 bits per heavy atom. The van der Waals surface area contributed by atoms with E-state index in [4.69, 9.17) is 0 Å². The molecule has 3 rings (SSSR count). The fraction of sp³-hybridized carbons (Fsp3) is 0.278. The third-order valence-electron chi connectivity index (χ3n) is 3.71. The highest BCUT2D eigenvalue weighted by Gasteiger charge is 2.11. The Kier molecular flexibility index (Phi) is 6.46. The molecular formula is C18H18FN5OS2. The van der Waals surface area contributed by atoms with Gasteiger partial charge in [-0.3, -0.25) is 4.79 Å². The zero-order valence-corrected chi connectivity index (χ0v) is 16.5. The van der Waals surface area contributed by atoms with E-state index in [0.717, 1.165) is 29.8 Å². The second kappa shape index (κ2) is 9.01. The van der Waals surface area contributed by atoms with E-state index in [0.29, 0.717) is 16.0 Å². The van der Waals surface area contributed by atoms with Crippen molar-refractivity contribution < 1.29 is 9.18 Å². The molecule has 1 amide bonds. The highest BCUT2D eigenvalue weighted by molar-refractivity contribution is 7.99. The van der Waals surface area contributed by atoms with Crippen LogP contribution in [0.1, 0.15) is 25.2 Å². The van der Waals surface area contributed by atoms with E-state index in [1.807, 2.05) is 19.2 Å². The molecule has 0 aliphatic rings. The number of halogens is 1. The Balaban J connectivity index is 1.58. The number of benzene rings is 1. The number of thiazole rings is 1. The maximum atomic E-state index is 13.0. The van der Waals surface area contributed by atoms with Crippen molar-refractivity contribution in [2.75, 3.05) is 11.1 Å². The molecule has 0 fully saturated rings. The molecule has 6 nitrogen and oxygen atoms in total. The zero-order chi connectivity index (χ0) is 19.2. The number of nitrogens with one attached hydrogen (secondary N) is 1. The number of rotatable bonds is 7. The molecule has 2 heterocycles. The molecule has 0 radical (unpaired) electrons. The topological polar surface area (TPSA) is 80.7 Å². The van der Waals surface area contributed by atoms with Gasteiger partial charge in [-0.15, -0.1) is 16.4 Å². The van der Waals surface area contributed by atoms with Crippen LogP contribution in [0.5, 0.6) is 0 Å². The highest BCUT2D eigenvalue weighted by Crippen LogP contribution is 2.25. The van der Waals surface area contributed by atoms with Crippen LogP contribution in [0.3, 0.4) is 0 Å². The first kappa shape index (κ1) is 19.4. The van der Waals surface area contributed by atoms with E-state index in [9.17, 15) is 9.18 Å². The number of carbonyl (C=O) groups is 1. The maximum absolute atomic E-state index is 13.0. The lowest BCUT2D eigenvalue weighted by Crippen LogP contribution is -2.14. The molecule has 1 aromatic carbocycles. The molecule has 0 unspecified atom stereocenters. The lowest BCUT2D eigenvalue weighted by Gasteiger charge is -2.05. The first-order valence-electron chi connectivity index (χ1n) is 8.45. The van der Waals surface area contributed by atoms with Crippen molar-refractivity contribution >= 4 is 34.1 Å². The smallest absolute Gasteiger partial charge is 0.236 e.